The lowest BCUT2D eigenvalue weighted by molar-refractivity contribution is 0.266. The fraction of sp³-hybridized carbons (Fsp3) is 0.562. The number of benzene rings is 1. The van der Waals surface area contributed by atoms with E-state index < -0.39 is 0 Å². The van der Waals surface area contributed by atoms with Crippen LogP contribution in [0.15, 0.2) is 30.3 Å². The van der Waals surface area contributed by atoms with E-state index in [0.29, 0.717) is 12.0 Å². The Morgan fingerprint density at radius 3 is 2.72 bits per heavy atom. The van der Waals surface area contributed by atoms with E-state index in [-0.39, 0.29) is 6.17 Å². The zero-order valence-electron chi connectivity index (χ0n) is 11.3. The zero-order valence-corrected chi connectivity index (χ0v) is 11.3. The van der Waals surface area contributed by atoms with Crippen molar-refractivity contribution in [2.45, 2.75) is 44.8 Å². The number of rotatable bonds is 4. The van der Waals surface area contributed by atoms with Crippen molar-refractivity contribution in [3.63, 3.8) is 0 Å². The van der Waals surface area contributed by atoms with E-state index in [4.69, 9.17) is 6.57 Å². The smallest absolute Gasteiger partial charge is 0.282 e. The van der Waals surface area contributed by atoms with Crippen molar-refractivity contribution in [1.29, 1.82) is 0 Å². The minimum absolute atomic E-state index is 0.107. The number of nitrogens with zero attached hydrogens (tertiary/aromatic N) is 2. The molecular formula is C16H22N2. The standard InChI is InChI=1S/C16H22N2/c1-13-12-15(16(17-2)18(13)3)11-7-10-14-8-5-4-6-9-14/h4-6,8-9,13,15-16H,7,10-12H2,1,3H3. The summed E-state index contributed by atoms with van der Waals surface area (Å²) < 4.78 is 0. The monoisotopic (exact) mass is 242 g/mol. The van der Waals surface area contributed by atoms with Crippen LogP contribution in [-0.4, -0.2) is 24.2 Å². The Kier molecular flexibility index (Phi) is 4.38. The molecule has 1 aromatic rings. The van der Waals surface area contributed by atoms with Gasteiger partial charge in [0.2, 0.25) is 0 Å². The molecule has 0 aromatic heterocycles. The van der Waals surface area contributed by atoms with Crippen LogP contribution >= 0.6 is 0 Å². The highest BCUT2D eigenvalue weighted by Gasteiger charge is 2.40. The molecule has 1 fully saturated rings. The molecule has 1 aromatic carbocycles. The SMILES string of the molecule is [C-]#[N+]C1C(CCCc2ccccc2)CC(C)N1C. The van der Waals surface area contributed by atoms with E-state index in [0.717, 1.165) is 6.42 Å². The predicted octanol–water partition coefficient (Wildman–Crippen LogP) is 3.59. The molecule has 2 heteroatoms. The second kappa shape index (κ2) is 6.02. The van der Waals surface area contributed by atoms with E-state index in [1.54, 1.807) is 0 Å². The molecule has 1 aliphatic rings. The van der Waals surface area contributed by atoms with Gasteiger partial charge in [0.15, 0.2) is 0 Å². The molecule has 0 aliphatic carbocycles. The third kappa shape index (κ3) is 2.91. The zero-order chi connectivity index (χ0) is 13.0. The molecule has 0 bridgehead atoms. The Hall–Kier alpha value is -1.33. The largest absolute Gasteiger partial charge is 0.296 e. The molecule has 2 nitrogen and oxygen atoms in total. The summed E-state index contributed by atoms with van der Waals surface area (Å²) in [5.41, 5.74) is 1.41. The number of hydrogen-bond acceptors (Lipinski definition) is 1. The maximum absolute atomic E-state index is 7.33. The van der Waals surface area contributed by atoms with Gasteiger partial charge in [-0.2, -0.15) is 0 Å². The van der Waals surface area contributed by atoms with E-state index in [9.17, 15) is 0 Å². The van der Waals surface area contributed by atoms with E-state index >= 15 is 0 Å². The lowest BCUT2D eigenvalue weighted by Gasteiger charge is -2.15. The Labute approximate surface area is 110 Å². The van der Waals surface area contributed by atoms with Gasteiger partial charge in [-0.15, -0.1) is 0 Å². The van der Waals surface area contributed by atoms with Crippen LogP contribution in [0.5, 0.6) is 0 Å². The normalized spacial score (nSPS) is 28.2. The third-order valence-electron chi connectivity index (χ3n) is 4.19. The van der Waals surface area contributed by atoms with Crippen LogP contribution in [0, 0.1) is 12.5 Å². The Bertz CT molecular complexity index is 407. The summed E-state index contributed by atoms with van der Waals surface area (Å²) in [4.78, 5) is 6.04. The molecule has 0 spiro atoms. The first kappa shape index (κ1) is 13.1. The number of aryl methyl sites for hydroxylation is 1. The van der Waals surface area contributed by atoms with E-state index in [2.05, 4.69) is 54.0 Å². The van der Waals surface area contributed by atoms with Crippen molar-refractivity contribution >= 4 is 0 Å². The molecular weight excluding hydrogens is 220 g/mol. The van der Waals surface area contributed by atoms with Crippen molar-refractivity contribution in [3.8, 4) is 0 Å². The molecule has 96 valence electrons. The molecule has 0 radical (unpaired) electrons. The minimum atomic E-state index is 0.107. The van der Waals surface area contributed by atoms with E-state index in [1.807, 2.05) is 0 Å². The fourth-order valence-electron chi connectivity index (χ4n) is 3.00. The van der Waals surface area contributed by atoms with Crippen LogP contribution in [0.2, 0.25) is 0 Å². The van der Waals surface area contributed by atoms with Crippen LogP contribution in [0.3, 0.4) is 0 Å². The second-order valence-corrected chi connectivity index (χ2v) is 5.43. The predicted molar refractivity (Wildman–Crippen MR) is 75.1 cm³/mol. The van der Waals surface area contributed by atoms with Gasteiger partial charge in [-0.3, -0.25) is 4.85 Å². The van der Waals surface area contributed by atoms with Gasteiger partial charge in [-0.1, -0.05) is 30.3 Å². The van der Waals surface area contributed by atoms with Gasteiger partial charge in [0, 0.05) is 6.04 Å². The molecule has 0 N–H and O–H groups in total. The summed E-state index contributed by atoms with van der Waals surface area (Å²) in [5, 5.41) is 0. The quantitative estimate of drug-likeness (QED) is 0.732. The average molecular weight is 242 g/mol. The van der Waals surface area contributed by atoms with Crippen LogP contribution in [0.25, 0.3) is 4.85 Å². The molecule has 0 amide bonds. The topological polar surface area (TPSA) is 7.60 Å². The van der Waals surface area contributed by atoms with Crippen LogP contribution in [-0.2, 0) is 6.42 Å². The van der Waals surface area contributed by atoms with Gasteiger partial charge in [0.05, 0.1) is 5.92 Å². The van der Waals surface area contributed by atoms with Crippen molar-refractivity contribution in [1.82, 2.24) is 4.90 Å². The number of likely N-dealkylation sites (tertiary alicyclic amines) is 1. The molecule has 18 heavy (non-hydrogen) atoms. The van der Waals surface area contributed by atoms with Crippen LogP contribution in [0.4, 0.5) is 0 Å². The Balaban J connectivity index is 1.82. The van der Waals surface area contributed by atoms with Crippen LogP contribution in [0.1, 0.15) is 31.7 Å². The molecule has 2 rings (SSSR count). The molecule has 0 saturated carbocycles. The average Bonchev–Trinajstić information content (AvgIpc) is 2.66. The maximum Gasteiger partial charge on any atom is 0.282 e. The highest BCUT2D eigenvalue weighted by molar-refractivity contribution is 5.14. The molecule has 1 heterocycles. The van der Waals surface area contributed by atoms with Gasteiger partial charge < -0.3 is 0 Å². The van der Waals surface area contributed by atoms with Gasteiger partial charge in [-0.25, -0.2) is 11.5 Å². The molecule has 3 atom stereocenters. The first-order valence-electron chi connectivity index (χ1n) is 6.85. The lowest BCUT2D eigenvalue weighted by atomic mass is 9.95. The van der Waals surface area contributed by atoms with E-state index in [1.165, 1.54) is 24.8 Å². The van der Waals surface area contributed by atoms with Crippen molar-refractivity contribution in [3.05, 3.63) is 47.3 Å². The minimum Gasteiger partial charge on any atom is -0.296 e. The van der Waals surface area contributed by atoms with Crippen molar-refractivity contribution in [2.75, 3.05) is 7.05 Å². The summed E-state index contributed by atoms with van der Waals surface area (Å²) in [6.45, 7) is 9.57. The molecule has 3 unspecified atom stereocenters. The van der Waals surface area contributed by atoms with Crippen molar-refractivity contribution in [2.24, 2.45) is 5.92 Å². The number of hydrogen-bond donors (Lipinski definition) is 0. The first-order chi connectivity index (χ1) is 8.72. The van der Waals surface area contributed by atoms with Gasteiger partial charge >= 0.3 is 0 Å². The molecule has 1 aliphatic heterocycles. The summed E-state index contributed by atoms with van der Waals surface area (Å²) in [6, 6.07) is 11.2. The summed E-state index contributed by atoms with van der Waals surface area (Å²) >= 11 is 0. The second-order valence-electron chi connectivity index (χ2n) is 5.43. The van der Waals surface area contributed by atoms with Crippen molar-refractivity contribution < 1.29 is 0 Å². The highest BCUT2D eigenvalue weighted by atomic mass is 15.3. The molecule has 1 saturated heterocycles. The van der Waals surface area contributed by atoms with Gasteiger partial charge in [-0.05, 0) is 45.2 Å². The Morgan fingerprint density at radius 2 is 2.06 bits per heavy atom. The van der Waals surface area contributed by atoms with Crippen LogP contribution < -0.4 is 0 Å². The highest BCUT2D eigenvalue weighted by Crippen LogP contribution is 2.32. The maximum atomic E-state index is 7.33. The Morgan fingerprint density at radius 1 is 1.33 bits per heavy atom. The summed E-state index contributed by atoms with van der Waals surface area (Å²) in [6.07, 6.45) is 4.80. The lowest BCUT2D eigenvalue weighted by Crippen LogP contribution is -2.29. The first-order valence-corrected chi connectivity index (χ1v) is 6.85. The van der Waals surface area contributed by atoms with Gasteiger partial charge in [0.25, 0.3) is 6.17 Å². The fourth-order valence-corrected chi connectivity index (χ4v) is 3.00. The summed E-state index contributed by atoms with van der Waals surface area (Å²) in [5.74, 6) is 0.561. The van der Waals surface area contributed by atoms with Gasteiger partial charge in [0.1, 0.15) is 0 Å². The third-order valence-corrected chi connectivity index (χ3v) is 4.19. The summed E-state index contributed by atoms with van der Waals surface area (Å²) in [7, 11) is 2.09.